The van der Waals surface area contributed by atoms with E-state index in [1.165, 1.54) is 0 Å². The number of nitrogens with zero attached hydrogens (tertiary/aromatic N) is 1. The van der Waals surface area contributed by atoms with Gasteiger partial charge in [0.2, 0.25) is 0 Å². The van der Waals surface area contributed by atoms with Crippen molar-refractivity contribution in [2.75, 3.05) is 13.1 Å². The van der Waals surface area contributed by atoms with E-state index >= 15 is 0 Å². The third-order valence-electron chi connectivity index (χ3n) is 3.40. The lowest BCUT2D eigenvalue weighted by Crippen LogP contribution is -2.34. The number of carbonyl (C=O) groups is 3. The monoisotopic (exact) mass is 336 g/mol. The van der Waals surface area contributed by atoms with E-state index in [-0.39, 0.29) is 29.0 Å². The Morgan fingerprint density at radius 2 is 1.50 bits per heavy atom. The fourth-order valence-corrected chi connectivity index (χ4v) is 2.34. The largest absolute Gasteiger partial charge is 0.444 e. The Morgan fingerprint density at radius 1 is 1.04 bits per heavy atom. The molecular weight excluding hydrogens is 312 g/mol. The van der Waals surface area contributed by atoms with Gasteiger partial charge in [0.1, 0.15) is 5.60 Å². The van der Waals surface area contributed by atoms with Gasteiger partial charge < -0.3 is 15.1 Å². The van der Waals surface area contributed by atoms with Gasteiger partial charge >= 0.3 is 6.09 Å². The van der Waals surface area contributed by atoms with Crippen molar-refractivity contribution in [2.45, 2.75) is 39.2 Å². The van der Waals surface area contributed by atoms with Crippen LogP contribution in [0.1, 0.15) is 54.3 Å². The fourth-order valence-electron chi connectivity index (χ4n) is 2.34. The zero-order valence-corrected chi connectivity index (χ0v) is 14.2. The van der Waals surface area contributed by atoms with Gasteiger partial charge in [0, 0.05) is 13.1 Å². The van der Waals surface area contributed by atoms with E-state index in [1.807, 2.05) is 20.8 Å². The number of nitrogens with one attached hydrogen (secondary N) is 1. The van der Waals surface area contributed by atoms with E-state index in [2.05, 4.69) is 5.32 Å². The molecule has 0 saturated carbocycles. The van der Waals surface area contributed by atoms with E-state index in [0.29, 0.717) is 11.1 Å². The third-order valence-corrected chi connectivity index (χ3v) is 3.40. The summed E-state index contributed by atoms with van der Waals surface area (Å²) in [5.41, 5.74) is 0.578. The number of imide groups is 1. The molecule has 0 unspecified atom stereocenters. The molecule has 1 aromatic rings. The van der Waals surface area contributed by atoms with Crippen LogP contribution in [0.25, 0.3) is 0 Å². The van der Waals surface area contributed by atoms with Crippen molar-refractivity contribution in [1.82, 2.24) is 10.2 Å². The molecule has 3 N–H and O–H groups in total. The number of rotatable bonds is 0. The molecule has 0 radical (unpaired) electrons. The van der Waals surface area contributed by atoms with E-state index in [9.17, 15) is 14.4 Å². The van der Waals surface area contributed by atoms with E-state index in [0.717, 1.165) is 25.9 Å². The minimum atomic E-state index is -0.361. The highest BCUT2D eigenvalue weighted by Gasteiger charge is 2.25. The lowest BCUT2D eigenvalue weighted by molar-refractivity contribution is 0.0295. The van der Waals surface area contributed by atoms with E-state index < -0.39 is 0 Å². The first-order valence-corrected chi connectivity index (χ1v) is 7.70. The lowest BCUT2D eigenvalue weighted by atomic mass is 10.1. The highest BCUT2D eigenvalue weighted by molar-refractivity contribution is 6.21. The highest BCUT2D eigenvalue weighted by atomic mass is 16.6. The number of fused-ring (bicyclic) bond motifs is 1. The topological polar surface area (TPSA) is 107 Å². The molecule has 132 valence electrons. The zero-order valence-electron chi connectivity index (χ0n) is 14.2. The normalized spacial score (nSPS) is 15.7. The Bertz CT molecular complexity index is 583. The Balaban J connectivity index is 0.000000231. The summed E-state index contributed by atoms with van der Waals surface area (Å²) in [7, 11) is 0. The molecule has 0 spiro atoms. The minimum absolute atomic E-state index is 0. The summed E-state index contributed by atoms with van der Waals surface area (Å²) in [6.07, 6.45) is 2.05. The molecule has 7 heteroatoms. The van der Waals surface area contributed by atoms with Crippen molar-refractivity contribution < 1.29 is 24.6 Å². The molecule has 2 aliphatic heterocycles. The van der Waals surface area contributed by atoms with E-state index in [4.69, 9.17) is 4.74 Å². The molecule has 24 heavy (non-hydrogen) atoms. The average Bonchev–Trinajstić information content (AvgIpc) is 3.08. The third kappa shape index (κ3) is 5.06. The predicted molar refractivity (Wildman–Crippen MR) is 88.9 cm³/mol. The molecule has 0 aliphatic carbocycles. The van der Waals surface area contributed by atoms with Gasteiger partial charge in [-0.3, -0.25) is 14.9 Å². The maximum absolute atomic E-state index is 11.4. The number of benzene rings is 1. The van der Waals surface area contributed by atoms with Crippen LogP contribution >= 0.6 is 0 Å². The number of amides is 3. The van der Waals surface area contributed by atoms with Gasteiger partial charge in [-0.15, -0.1) is 0 Å². The van der Waals surface area contributed by atoms with Crippen molar-refractivity contribution in [3.63, 3.8) is 0 Å². The molecule has 7 nitrogen and oxygen atoms in total. The summed E-state index contributed by atoms with van der Waals surface area (Å²) in [6, 6.07) is 6.74. The van der Waals surface area contributed by atoms with Crippen molar-refractivity contribution in [3.05, 3.63) is 35.4 Å². The average molecular weight is 336 g/mol. The summed E-state index contributed by atoms with van der Waals surface area (Å²) in [5.74, 6) is -0.601. The number of ether oxygens (including phenoxy) is 1. The first-order valence-electron chi connectivity index (χ1n) is 7.70. The summed E-state index contributed by atoms with van der Waals surface area (Å²) >= 11 is 0. The van der Waals surface area contributed by atoms with Crippen LogP contribution in [0.5, 0.6) is 0 Å². The van der Waals surface area contributed by atoms with Crippen LogP contribution in [0.4, 0.5) is 4.79 Å². The molecule has 3 rings (SSSR count). The first-order chi connectivity index (χ1) is 10.8. The zero-order chi connectivity index (χ0) is 17.0. The van der Waals surface area contributed by atoms with Crippen LogP contribution in [0.3, 0.4) is 0 Å². The second-order valence-corrected chi connectivity index (χ2v) is 6.50. The van der Waals surface area contributed by atoms with Crippen molar-refractivity contribution in [1.29, 1.82) is 0 Å². The van der Waals surface area contributed by atoms with Gasteiger partial charge in [-0.05, 0) is 45.7 Å². The number of likely N-dealkylation sites (tertiary alicyclic amines) is 1. The Hall–Kier alpha value is -2.41. The van der Waals surface area contributed by atoms with Crippen molar-refractivity contribution >= 4 is 17.9 Å². The molecule has 0 atom stereocenters. The predicted octanol–water partition coefficient (Wildman–Crippen LogP) is 1.76. The second kappa shape index (κ2) is 7.92. The molecule has 3 amide bonds. The maximum Gasteiger partial charge on any atom is 0.410 e. The molecule has 1 saturated heterocycles. The van der Waals surface area contributed by atoms with Crippen LogP contribution < -0.4 is 5.32 Å². The SMILES string of the molecule is CC(C)(C)OC(=O)N1CCCC1.O.O=C1NC(=O)c2ccccc21. The second-order valence-electron chi connectivity index (χ2n) is 6.50. The van der Waals surface area contributed by atoms with Gasteiger partial charge in [-0.1, -0.05) is 12.1 Å². The standard InChI is InChI=1S/C9H17NO2.C8H5NO2.H2O/c1-9(2,3)12-8(11)10-6-4-5-7-10;10-7-5-3-1-2-4-6(5)8(11)9-7;/h4-7H2,1-3H3;1-4H,(H,9,10,11);1H2. The first kappa shape index (κ1) is 19.6. The van der Waals surface area contributed by atoms with Crippen molar-refractivity contribution in [2.24, 2.45) is 0 Å². The van der Waals surface area contributed by atoms with Crippen LogP contribution in [0.15, 0.2) is 24.3 Å². The Kier molecular flexibility index (Phi) is 6.48. The number of hydrogen-bond donors (Lipinski definition) is 1. The highest BCUT2D eigenvalue weighted by Crippen LogP contribution is 2.14. The summed E-state index contributed by atoms with van der Waals surface area (Å²) < 4.78 is 5.21. The smallest absolute Gasteiger partial charge is 0.410 e. The van der Waals surface area contributed by atoms with Gasteiger partial charge in [-0.2, -0.15) is 0 Å². The van der Waals surface area contributed by atoms with Gasteiger partial charge in [0.15, 0.2) is 0 Å². The van der Waals surface area contributed by atoms with Crippen molar-refractivity contribution in [3.8, 4) is 0 Å². The molecule has 2 aliphatic rings. The molecular formula is C17H24N2O5. The van der Waals surface area contributed by atoms with Crippen LogP contribution in [-0.2, 0) is 4.74 Å². The summed E-state index contributed by atoms with van der Waals surface area (Å²) in [6.45, 7) is 7.38. The number of hydrogen-bond acceptors (Lipinski definition) is 4. The van der Waals surface area contributed by atoms with Gasteiger partial charge in [-0.25, -0.2) is 4.79 Å². The Morgan fingerprint density at radius 3 is 1.92 bits per heavy atom. The lowest BCUT2D eigenvalue weighted by Gasteiger charge is -2.23. The van der Waals surface area contributed by atoms with Crippen LogP contribution in [0.2, 0.25) is 0 Å². The molecule has 0 aromatic heterocycles. The van der Waals surface area contributed by atoms with Crippen LogP contribution in [0, 0.1) is 0 Å². The number of carbonyl (C=O) groups excluding carboxylic acids is 3. The van der Waals surface area contributed by atoms with Gasteiger partial charge in [0.05, 0.1) is 11.1 Å². The summed E-state index contributed by atoms with van der Waals surface area (Å²) in [4.78, 5) is 35.0. The van der Waals surface area contributed by atoms with Crippen LogP contribution in [-0.4, -0.2) is 47.0 Å². The Labute approximate surface area is 141 Å². The molecule has 1 aromatic carbocycles. The molecule has 1 fully saturated rings. The molecule has 0 bridgehead atoms. The summed E-state index contributed by atoms with van der Waals surface area (Å²) in [5, 5.41) is 2.20. The fraction of sp³-hybridized carbons (Fsp3) is 0.471. The van der Waals surface area contributed by atoms with Gasteiger partial charge in [0.25, 0.3) is 11.8 Å². The maximum atomic E-state index is 11.4. The van der Waals surface area contributed by atoms with E-state index in [1.54, 1.807) is 29.2 Å². The molecule has 2 heterocycles. The quantitative estimate of drug-likeness (QED) is 0.728. The minimum Gasteiger partial charge on any atom is -0.444 e.